The Labute approximate surface area is 254 Å². The fourth-order valence-electron chi connectivity index (χ4n) is 6.18. The number of nitrogens with zero attached hydrogens (tertiary/aromatic N) is 1. The lowest BCUT2D eigenvalue weighted by Crippen LogP contribution is -2.50. The van der Waals surface area contributed by atoms with E-state index in [1.54, 1.807) is 0 Å². The monoisotopic (exact) mass is 669 g/mol. The van der Waals surface area contributed by atoms with Gasteiger partial charge in [-0.25, -0.2) is 17.2 Å². The number of hydrogen-bond donors (Lipinski definition) is 1. The van der Waals surface area contributed by atoms with Gasteiger partial charge >= 0.3 is 24.0 Å². The average Bonchev–Trinajstić information content (AvgIpc) is 3.42. The van der Waals surface area contributed by atoms with E-state index in [-0.39, 0.29) is 61.9 Å². The van der Waals surface area contributed by atoms with Gasteiger partial charge in [0.2, 0.25) is 5.91 Å². The molecule has 1 atom stereocenters. The van der Waals surface area contributed by atoms with E-state index in [1.165, 1.54) is 30.9 Å². The summed E-state index contributed by atoms with van der Waals surface area (Å²) in [5.74, 6) is -2.72. The number of hydrogen-bond acceptors (Lipinski definition) is 4. The molecule has 0 aromatic heterocycles. The molecule has 1 aliphatic carbocycles. The van der Waals surface area contributed by atoms with Gasteiger partial charge in [0.05, 0.1) is 10.8 Å². The first-order valence-corrected chi connectivity index (χ1v) is 15.5. The van der Waals surface area contributed by atoms with Gasteiger partial charge in [0.25, 0.3) is 0 Å². The SMILES string of the molecule is CC(C)(F)c1cccc(S(=O)(=O)C2(c3ccc(C(F)(C(F)(F)F)C(F)(F)F)cc3)CCN(C(=O)C3CCC(C(=O)O)CC3)C2)c1. The fourth-order valence-corrected chi connectivity index (χ4v) is 8.30. The zero-order valence-corrected chi connectivity index (χ0v) is 25.0. The van der Waals surface area contributed by atoms with Crippen LogP contribution >= 0.6 is 0 Å². The largest absolute Gasteiger partial charge is 0.481 e. The van der Waals surface area contributed by atoms with E-state index in [4.69, 9.17) is 0 Å². The first-order chi connectivity index (χ1) is 20.6. The molecule has 6 nitrogen and oxygen atoms in total. The van der Waals surface area contributed by atoms with Crippen LogP contribution in [0.15, 0.2) is 53.4 Å². The molecular formula is C30H31F8NO5S. The van der Waals surface area contributed by atoms with Crippen molar-refractivity contribution in [1.29, 1.82) is 0 Å². The first-order valence-electron chi connectivity index (χ1n) is 14.1. The summed E-state index contributed by atoms with van der Waals surface area (Å²) in [5.41, 5.74) is -9.83. The Morgan fingerprint density at radius 3 is 1.84 bits per heavy atom. The molecule has 2 aromatic carbocycles. The van der Waals surface area contributed by atoms with Crippen molar-refractivity contribution in [2.45, 2.75) is 79.3 Å². The van der Waals surface area contributed by atoms with Crippen LogP contribution in [0.25, 0.3) is 0 Å². The quantitative estimate of drug-likeness (QED) is 0.322. The number of carboxylic acids is 1. The summed E-state index contributed by atoms with van der Waals surface area (Å²) in [6.45, 7) is 1.67. The normalized spacial score (nSPS) is 23.6. The summed E-state index contributed by atoms with van der Waals surface area (Å²) in [4.78, 5) is 25.6. The number of carboxylic acid groups (broad SMARTS) is 1. The molecule has 15 heteroatoms. The van der Waals surface area contributed by atoms with Crippen LogP contribution in [0.3, 0.4) is 0 Å². The minimum absolute atomic E-state index is 0.0206. The Kier molecular flexibility index (Phi) is 8.88. The minimum Gasteiger partial charge on any atom is -0.481 e. The summed E-state index contributed by atoms with van der Waals surface area (Å²) < 4.78 is 136. The third kappa shape index (κ3) is 6.03. The van der Waals surface area contributed by atoms with Crippen LogP contribution in [0.1, 0.15) is 62.6 Å². The number of halogens is 8. The van der Waals surface area contributed by atoms with Crippen LogP contribution in [0.4, 0.5) is 35.1 Å². The summed E-state index contributed by atoms with van der Waals surface area (Å²) in [6.07, 6.45) is -12.2. The van der Waals surface area contributed by atoms with Gasteiger partial charge < -0.3 is 10.0 Å². The molecule has 2 aliphatic rings. The van der Waals surface area contributed by atoms with Gasteiger partial charge in [-0.3, -0.25) is 9.59 Å². The minimum atomic E-state index is -6.38. The van der Waals surface area contributed by atoms with Crippen molar-refractivity contribution in [2.75, 3.05) is 13.1 Å². The van der Waals surface area contributed by atoms with Crippen LogP contribution in [0.2, 0.25) is 0 Å². The van der Waals surface area contributed by atoms with Crippen LogP contribution in [0.5, 0.6) is 0 Å². The molecule has 0 spiro atoms. The van der Waals surface area contributed by atoms with Crippen molar-refractivity contribution in [3.8, 4) is 0 Å². The van der Waals surface area contributed by atoms with Crippen molar-refractivity contribution >= 4 is 21.7 Å². The second-order valence-electron chi connectivity index (χ2n) is 12.1. The smallest absolute Gasteiger partial charge is 0.435 e. The Morgan fingerprint density at radius 1 is 0.822 bits per heavy atom. The third-order valence-electron chi connectivity index (χ3n) is 8.90. The molecule has 1 aliphatic heterocycles. The molecule has 1 unspecified atom stereocenters. The Balaban J connectivity index is 1.79. The van der Waals surface area contributed by atoms with Crippen molar-refractivity contribution in [2.24, 2.45) is 11.8 Å². The van der Waals surface area contributed by atoms with Crippen molar-refractivity contribution < 1.29 is 58.2 Å². The zero-order valence-electron chi connectivity index (χ0n) is 24.2. The average molecular weight is 670 g/mol. The van der Waals surface area contributed by atoms with E-state index in [0.29, 0.717) is 12.1 Å². The van der Waals surface area contributed by atoms with E-state index in [1.807, 2.05) is 0 Å². The van der Waals surface area contributed by atoms with Gasteiger partial charge in [-0.1, -0.05) is 36.4 Å². The Morgan fingerprint density at radius 2 is 1.36 bits per heavy atom. The lowest BCUT2D eigenvalue weighted by Gasteiger charge is -2.33. The number of rotatable bonds is 7. The van der Waals surface area contributed by atoms with Gasteiger partial charge in [-0.05, 0) is 69.2 Å². The summed E-state index contributed by atoms with van der Waals surface area (Å²) in [6, 6.07) is 6.66. The highest BCUT2D eigenvalue weighted by Crippen LogP contribution is 2.54. The van der Waals surface area contributed by atoms with E-state index in [2.05, 4.69) is 0 Å². The van der Waals surface area contributed by atoms with Gasteiger partial charge in [-0.15, -0.1) is 0 Å². The molecule has 2 aromatic rings. The van der Waals surface area contributed by atoms with E-state index < -0.39 is 79.0 Å². The number of benzene rings is 2. The van der Waals surface area contributed by atoms with Gasteiger partial charge in [-0.2, -0.15) is 26.3 Å². The third-order valence-corrected chi connectivity index (χ3v) is 11.4. The van der Waals surface area contributed by atoms with E-state index >= 15 is 0 Å². The molecule has 1 saturated carbocycles. The molecule has 4 rings (SSSR count). The number of carbonyl (C=O) groups is 2. The number of alkyl halides is 8. The number of aliphatic carboxylic acids is 1. The maximum atomic E-state index is 14.8. The van der Waals surface area contributed by atoms with Gasteiger partial charge in [0, 0.05) is 24.6 Å². The molecule has 0 bridgehead atoms. The molecule has 1 heterocycles. The number of carbonyl (C=O) groups excluding carboxylic acids is 1. The Bertz CT molecular complexity index is 1530. The maximum Gasteiger partial charge on any atom is 0.435 e. The highest BCUT2D eigenvalue weighted by molar-refractivity contribution is 7.92. The predicted octanol–water partition coefficient (Wildman–Crippen LogP) is 6.97. The van der Waals surface area contributed by atoms with Crippen molar-refractivity contribution in [1.82, 2.24) is 4.90 Å². The topological polar surface area (TPSA) is 91.8 Å². The van der Waals surface area contributed by atoms with E-state index in [0.717, 1.165) is 12.1 Å². The second-order valence-corrected chi connectivity index (χ2v) is 14.4. The standard InChI is InChI=1S/C30H31F8NO5S/c1-26(2,31)22-4-3-5-23(16-22)45(43,44)27(14-15-39(17-27)24(40)18-6-8-19(9-7-18)25(41)42)20-10-12-21(13-11-20)28(32,29(33,34)35)30(36,37)38/h3-5,10-13,16,18-19H,6-9,14-15,17H2,1-2H3,(H,41,42). The lowest BCUT2D eigenvalue weighted by atomic mass is 9.81. The van der Waals surface area contributed by atoms with Crippen molar-refractivity contribution in [3.63, 3.8) is 0 Å². The van der Waals surface area contributed by atoms with Gasteiger partial charge in [0.15, 0.2) is 9.84 Å². The highest BCUT2D eigenvalue weighted by Gasteiger charge is 2.73. The predicted molar refractivity (Wildman–Crippen MR) is 145 cm³/mol. The fraction of sp³-hybridized carbons (Fsp3) is 0.533. The zero-order chi connectivity index (χ0) is 33.8. The second kappa shape index (κ2) is 11.5. The summed E-state index contributed by atoms with van der Waals surface area (Å²) in [5, 5.41) is 9.26. The molecule has 2 fully saturated rings. The molecule has 248 valence electrons. The van der Waals surface area contributed by atoms with E-state index in [9.17, 15) is 58.2 Å². The maximum absolute atomic E-state index is 14.8. The van der Waals surface area contributed by atoms with Crippen molar-refractivity contribution in [3.05, 3.63) is 65.2 Å². The molecular weight excluding hydrogens is 638 g/mol. The summed E-state index contributed by atoms with van der Waals surface area (Å²) in [7, 11) is -4.63. The van der Waals surface area contributed by atoms with Crippen LogP contribution in [0, 0.1) is 11.8 Å². The van der Waals surface area contributed by atoms with Gasteiger partial charge in [0.1, 0.15) is 10.4 Å². The first kappa shape index (κ1) is 34.6. The number of sulfone groups is 1. The number of likely N-dealkylation sites (tertiary alicyclic amines) is 1. The van der Waals surface area contributed by atoms with Crippen LogP contribution < -0.4 is 0 Å². The molecule has 1 amide bonds. The lowest BCUT2D eigenvalue weighted by molar-refractivity contribution is -0.348. The number of amides is 1. The summed E-state index contributed by atoms with van der Waals surface area (Å²) >= 11 is 0. The molecule has 1 N–H and O–H groups in total. The molecule has 1 saturated heterocycles. The molecule has 0 radical (unpaired) electrons. The van der Waals surface area contributed by atoms with Crippen LogP contribution in [-0.4, -0.2) is 55.7 Å². The highest BCUT2D eigenvalue weighted by atomic mass is 32.2. The Hall–Kier alpha value is -3.23. The molecule has 45 heavy (non-hydrogen) atoms. The van der Waals surface area contributed by atoms with Crippen LogP contribution in [-0.2, 0) is 35.5 Å².